The van der Waals surface area contributed by atoms with E-state index in [1.807, 2.05) is 0 Å². The third-order valence-electron chi connectivity index (χ3n) is 3.04. The summed E-state index contributed by atoms with van der Waals surface area (Å²) in [4.78, 5) is 0. The van der Waals surface area contributed by atoms with Crippen LogP contribution in [0.4, 0.5) is 0 Å². The molecule has 0 fully saturated rings. The molecule has 56 valence electrons. The lowest BCUT2D eigenvalue weighted by atomic mass is 10.0. The highest BCUT2D eigenvalue weighted by atomic mass is 28.1. The molecule has 0 bridgehead atoms. The van der Waals surface area contributed by atoms with Crippen LogP contribution in [0.15, 0.2) is 21.9 Å². The van der Waals surface area contributed by atoms with Crippen molar-refractivity contribution < 1.29 is 0 Å². The SMILES string of the molecule is CC1=C(C)C(C)C(C)=C1[SiH3]. The van der Waals surface area contributed by atoms with Gasteiger partial charge in [0.05, 0.1) is 0 Å². The maximum atomic E-state index is 2.30. The average molecular weight is 152 g/mol. The monoisotopic (exact) mass is 152 g/mol. The first kappa shape index (κ1) is 7.80. The van der Waals surface area contributed by atoms with Crippen LogP contribution in [0.2, 0.25) is 0 Å². The number of allylic oxidation sites excluding steroid dienone is 4. The molecule has 1 atom stereocenters. The number of hydrogen-bond donors (Lipinski definition) is 0. The third kappa shape index (κ3) is 0.890. The molecule has 0 heterocycles. The minimum atomic E-state index is 0.729. The Morgan fingerprint density at radius 2 is 1.60 bits per heavy atom. The van der Waals surface area contributed by atoms with Gasteiger partial charge in [-0.2, -0.15) is 0 Å². The minimum absolute atomic E-state index is 0.729. The third-order valence-corrected chi connectivity index (χ3v) is 4.58. The summed E-state index contributed by atoms with van der Waals surface area (Å²) in [6, 6.07) is 0. The smallest absolute Gasteiger partial charge is 0.0387 e. The molecule has 0 saturated carbocycles. The van der Waals surface area contributed by atoms with Gasteiger partial charge in [-0.25, -0.2) is 0 Å². The second-order valence-corrected chi connectivity index (χ2v) is 4.34. The van der Waals surface area contributed by atoms with E-state index in [2.05, 4.69) is 27.7 Å². The second-order valence-electron chi connectivity index (χ2n) is 3.34. The van der Waals surface area contributed by atoms with Gasteiger partial charge in [0.2, 0.25) is 0 Å². The Labute approximate surface area is 66.4 Å². The second kappa shape index (κ2) is 2.39. The van der Waals surface area contributed by atoms with Crippen LogP contribution in [-0.2, 0) is 0 Å². The summed E-state index contributed by atoms with van der Waals surface area (Å²) in [5.74, 6) is 0.729. The maximum Gasteiger partial charge on any atom is 0.0387 e. The molecule has 0 saturated heterocycles. The first-order valence-electron chi connectivity index (χ1n) is 3.90. The zero-order chi connectivity index (χ0) is 7.89. The van der Waals surface area contributed by atoms with Gasteiger partial charge in [-0.3, -0.25) is 0 Å². The molecule has 10 heavy (non-hydrogen) atoms. The normalized spacial score (nSPS) is 27.0. The van der Waals surface area contributed by atoms with Crippen molar-refractivity contribution >= 4 is 10.2 Å². The van der Waals surface area contributed by atoms with Crippen molar-refractivity contribution in [2.75, 3.05) is 0 Å². The molecule has 0 radical (unpaired) electrons. The summed E-state index contributed by atoms with van der Waals surface area (Å²) in [5, 5.41) is 1.64. The topological polar surface area (TPSA) is 0 Å². The molecule has 1 aliphatic carbocycles. The Kier molecular flexibility index (Phi) is 1.86. The van der Waals surface area contributed by atoms with Crippen molar-refractivity contribution in [3.05, 3.63) is 21.9 Å². The zero-order valence-electron chi connectivity index (χ0n) is 7.58. The van der Waals surface area contributed by atoms with E-state index in [1.54, 1.807) is 21.9 Å². The molecule has 0 aromatic rings. The highest BCUT2D eigenvalue weighted by Crippen LogP contribution is 2.34. The first-order valence-corrected chi connectivity index (χ1v) is 4.90. The van der Waals surface area contributed by atoms with Crippen molar-refractivity contribution in [2.45, 2.75) is 27.7 Å². The molecule has 0 amide bonds. The van der Waals surface area contributed by atoms with E-state index in [0.29, 0.717) is 0 Å². The molecule has 0 N–H and O–H groups in total. The number of hydrogen-bond acceptors (Lipinski definition) is 0. The molecule has 0 nitrogen and oxygen atoms in total. The fourth-order valence-corrected chi connectivity index (χ4v) is 2.39. The summed E-state index contributed by atoms with van der Waals surface area (Å²) >= 11 is 0. The molecule has 0 spiro atoms. The Morgan fingerprint density at radius 3 is 1.70 bits per heavy atom. The average Bonchev–Trinajstić information content (AvgIpc) is 2.07. The summed E-state index contributed by atoms with van der Waals surface area (Å²) in [6.07, 6.45) is 0. The number of rotatable bonds is 0. The largest absolute Gasteiger partial charge is 0.0684 e. The van der Waals surface area contributed by atoms with Crippen molar-refractivity contribution in [1.29, 1.82) is 0 Å². The van der Waals surface area contributed by atoms with Gasteiger partial charge < -0.3 is 0 Å². The Hall–Kier alpha value is -0.303. The summed E-state index contributed by atoms with van der Waals surface area (Å²) in [7, 11) is 1.22. The molecular weight excluding hydrogens is 136 g/mol. The maximum absolute atomic E-state index is 2.30. The van der Waals surface area contributed by atoms with Gasteiger partial charge in [0.1, 0.15) is 0 Å². The summed E-state index contributed by atoms with van der Waals surface area (Å²) in [6.45, 7) is 9.09. The Bertz CT molecular complexity index is 197. The van der Waals surface area contributed by atoms with Gasteiger partial charge in [0.25, 0.3) is 0 Å². The van der Waals surface area contributed by atoms with Crippen LogP contribution >= 0.6 is 0 Å². The fraction of sp³-hybridized carbons (Fsp3) is 0.556. The van der Waals surface area contributed by atoms with Crippen LogP contribution in [0.1, 0.15) is 27.7 Å². The van der Waals surface area contributed by atoms with Crippen molar-refractivity contribution in [3.8, 4) is 0 Å². The van der Waals surface area contributed by atoms with Crippen molar-refractivity contribution in [1.82, 2.24) is 0 Å². The van der Waals surface area contributed by atoms with Crippen LogP contribution in [0.25, 0.3) is 0 Å². The lowest BCUT2D eigenvalue weighted by Gasteiger charge is -2.05. The highest BCUT2D eigenvalue weighted by molar-refractivity contribution is 6.25. The predicted molar refractivity (Wildman–Crippen MR) is 50.2 cm³/mol. The van der Waals surface area contributed by atoms with Crippen LogP contribution < -0.4 is 0 Å². The van der Waals surface area contributed by atoms with Gasteiger partial charge in [0.15, 0.2) is 0 Å². The van der Waals surface area contributed by atoms with Gasteiger partial charge >= 0.3 is 0 Å². The zero-order valence-corrected chi connectivity index (χ0v) is 9.58. The lowest BCUT2D eigenvalue weighted by molar-refractivity contribution is 0.817. The van der Waals surface area contributed by atoms with Crippen molar-refractivity contribution in [3.63, 3.8) is 0 Å². The quantitative estimate of drug-likeness (QED) is 0.463. The van der Waals surface area contributed by atoms with Gasteiger partial charge in [-0.05, 0) is 26.7 Å². The molecule has 1 aliphatic rings. The molecule has 1 unspecified atom stereocenters. The molecule has 0 aromatic carbocycles. The first-order chi connectivity index (χ1) is 4.55. The fourth-order valence-electron chi connectivity index (χ4n) is 1.57. The molecule has 1 rings (SSSR count). The van der Waals surface area contributed by atoms with Crippen LogP contribution in [0, 0.1) is 5.92 Å². The Morgan fingerprint density at radius 1 is 1.10 bits per heavy atom. The van der Waals surface area contributed by atoms with E-state index in [1.165, 1.54) is 10.2 Å². The van der Waals surface area contributed by atoms with Crippen LogP contribution in [0.5, 0.6) is 0 Å². The van der Waals surface area contributed by atoms with E-state index in [9.17, 15) is 0 Å². The van der Waals surface area contributed by atoms with Gasteiger partial charge in [-0.1, -0.05) is 28.8 Å². The highest BCUT2D eigenvalue weighted by Gasteiger charge is 2.18. The lowest BCUT2D eigenvalue weighted by Crippen LogP contribution is -1.92. The van der Waals surface area contributed by atoms with E-state index >= 15 is 0 Å². The summed E-state index contributed by atoms with van der Waals surface area (Å²) in [5.41, 5.74) is 4.76. The summed E-state index contributed by atoms with van der Waals surface area (Å²) < 4.78 is 0. The van der Waals surface area contributed by atoms with Gasteiger partial charge in [-0.15, -0.1) is 0 Å². The van der Waals surface area contributed by atoms with Crippen molar-refractivity contribution in [2.24, 2.45) is 5.92 Å². The van der Waals surface area contributed by atoms with E-state index in [4.69, 9.17) is 0 Å². The standard InChI is InChI=1S/C9H16Si/c1-5-6(2)8(4)9(10)7(5)3/h5H,1-4,10H3. The van der Waals surface area contributed by atoms with E-state index in [0.717, 1.165) is 5.92 Å². The van der Waals surface area contributed by atoms with Crippen LogP contribution in [0.3, 0.4) is 0 Å². The minimum Gasteiger partial charge on any atom is -0.0684 e. The van der Waals surface area contributed by atoms with Crippen LogP contribution in [-0.4, -0.2) is 10.2 Å². The molecule has 0 aromatic heterocycles. The molecule has 0 aliphatic heterocycles. The predicted octanol–water partition coefficient (Wildman–Crippen LogP) is 1.61. The van der Waals surface area contributed by atoms with Gasteiger partial charge in [0, 0.05) is 10.2 Å². The molecular formula is C9H16Si. The van der Waals surface area contributed by atoms with E-state index < -0.39 is 0 Å². The molecule has 1 heteroatoms. The van der Waals surface area contributed by atoms with E-state index in [-0.39, 0.29) is 0 Å². The Balaban J connectivity index is 3.09.